The van der Waals surface area contributed by atoms with Crippen molar-refractivity contribution < 1.29 is 14.3 Å². The van der Waals surface area contributed by atoms with E-state index in [2.05, 4.69) is 21.2 Å². The van der Waals surface area contributed by atoms with Crippen molar-refractivity contribution in [2.75, 3.05) is 7.11 Å². The molecule has 0 bridgehead atoms. The quantitative estimate of drug-likeness (QED) is 0.822. The smallest absolute Gasteiger partial charge is 0.307 e. The molecule has 0 saturated heterocycles. The van der Waals surface area contributed by atoms with Gasteiger partial charge in [0.1, 0.15) is 0 Å². The third-order valence-corrected chi connectivity index (χ3v) is 4.53. The summed E-state index contributed by atoms with van der Waals surface area (Å²) in [6.07, 6.45) is 0.0960. The summed E-state index contributed by atoms with van der Waals surface area (Å²) >= 11 is 4.67. The average Bonchev–Trinajstić information content (AvgIpc) is 2.94. The summed E-state index contributed by atoms with van der Waals surface area (Å²) in [4.78, 5) is 24.4. The predicted molar refractivity (Wildman–Crippen MR) is 85.3 cm³/mol. The predicted octanol–water partition coefficient (Wildman–Crippen LogP) is 3.54. The fourth-order valence-electron chi connectivity index (χ4n) is 1.85. The van der Waals surface area contributed by atoms with E-state index in [0.29, 0.717) is 4.88 Å². The van der Waals surface area contributed by atoms with Gasteiger partial charge in [-0.1, -0.05) is 30.3 Å². The van der Waals surface area contributed by atoms with Crippen LogP contribution in [0.2, 0.25) is 0 Å². The average molecular weight is 368 g/mol. The van der Waals surface area contributed by atoms with E-state index in [1.807, 2.05) is 36.4 Å². The Labute approximate surface area is 135 Å². The molecule has 110 valence electrons. The van der Waals surface area contributed by atoms with Crippen molar-refractivity contribution in [2.24, 2.45) is 0 Å². The first-order chi connectivity index (χ1) is 10.1. The second-order valence-corrected chi connectivity index (χ2v) is 6.78. The Bertz CT molecular complexity index is 627. The van der Waals surface area contributed by atoms with Gasteiger partial charge in [-0.05, 0) is 33.6 Å². The van der Waals surface area contributed by atoms with Crippen LogP contribution >= 0.6 is 27.3 Å². The molecular formula is C15H14BrNO3S. The lowest BCUT2D eigenvalue weighted by Gasteiger charge is -2.17. The van der Waals surface area contributed by atoms with Crippen LogP contribution in [0.1, 0.15) is 27.7 Å². The van der Waals surface area contributed by atoms with Crippen molar-refractivity contribution in [1.82, 2.24) is 5.32 Å². The Kier molecular flexibility index (Phi) is 5.52. The molecular weight excluding hydrogens is 354 g/mol. The van der Waals surface area contributed by atoms with Gasteiger partial charge in [-0.3, -0.25) is 9.59 Å². The topological polar surface area (TPSA) is 55.4 Å². The lowest BCUT2D eigenvalue weighted by atomic mass is 10.0. The van der Waals surface area contributed by atoms with Crippen molar-refractivity contribution in [3.8, 4) is 0 Å². The summed E-state index contributed by atoms with van der Waals surface area (Å²) in [6.45, 7) is 0. The molecule has 1 aromatic carbocycles. The van der Waals surface area contributed by atoms with Gasteiger partial charge in [0.2, 0.25) is 0 Å². The van der Waals surface area contributed by atoms with Crippen LogP contribution in [0.15, 0.2) is 46.3 Å². The number of hydrogen-bond acceptors (Lipinski definition) is 4. The molecule has 0 fully saturated rings. The molecule has 21 heavy (non-hydrogen) atoms. The molecule has 0 aliphatic rings. The van der Waals surface area contributed by atoms with Crippen molar-refractivity contribution in [3.63, 3.8) is 0 Å². The van der Waals surface area contributed by atoms with Gasteiger partial charge in [0.25, 0.3) is 5.91 Å². The number of rotatable bonds is 5. The zero-order valence-electron chi connectivity index (χ0n) is 11.3. The van der Waals surface area contributed by atoms with Crippen molar-refractivity contribution in [3.05, 3.63) is 56.7 Å². The summed E-state index contributed by atoms with van der Waals surface area (Å²) in [6, 6.07) is 12.5. The van der Waals surface area contributed by atoms with E-state index in [1.54, 1.807) is 6.07 Å². The Morgan fingerprint density at radius 2 is 1.95 bits per heavy atom. The first kappa shape index (κ1) is 15.7. The Morgan fingerprint density at radius 1 is 1.24 bits per heavy atom. The second kappa shape index (κ2) is 7.38. The Morgan fingerprint density at radius 3 is 2.52 bits per heavy atom. The third-order valence-electron chi connectivity index (χ3n) is 2.90. The van der Waals surface area contributed by atoms with Gasteiger partial charge in [0.15, 0.2) is 0 Å². The van der Waals surface area contributed by atoms with Crippen LogP contribution in [-0.2, 0) is 9.53 Å². The molecule has 2 aromatic rings. The lowest BCUT2D eigenvalue weighted by molar-refractivity contribution is -0.141. The fourth-order valence-corrected chi connectivity index (χ4v) is 3.14. The van der Waals surface area contributed by atoms with Crippen LogP contribution in [0.3, 0.4) is 0 Å². The van der Waals surface area contributed by atoms with Crippen LogP contribution in [-0.4, -0.2) is 19.0 Å². The van der Waals surface area contributed by atoms with E-state index in [4.69, 9.17) is 4.74 Å². The largest absolute Gasteiger partial charge is 0.469 e. The Hall–Kier alpha value is -1.66. The maximum atomic E-state index is 12.2. The minimum absolute atomic E-state index is 0.0960. The second-order valence-electron chi connectivity index (χ2n) is 4.32. The molecule has 2 rings (SSSR count). The zero-order valence-corrected chi connectivity index (χ0v) is 13.7. The molecule has 1 aromatic heterocycles. The van der Waals surface area contributed by atoms with Crippen LogP contribution in [0, 0.1) is 0 Å². The molecule has 1 unspecified atom stereocenters. The molecule has 1 atom stereocenters. The molecule has 0 aliphatic heterocycles. The maximum absolute atomic E-state index is 12.2. The van der Waals surface area contributed by atoms with Gasteiger partial charge in [-0.2, -0.15) is 0 Å². The van der Waals surface area contributed by atoms with E-state index in [9.17, 15) is 9.59 Å². The van der Waals surface area contributed by atoms with Gasteiger partial charge >= 0.3 is 5.97 Å². The van der Waals surface area contributed by atoms with Crippen molar-refractivity contribution in [1.29, 1.82) is 0 Å². The highest BCUT2D eigenvalue weighted by molar-refractivity contribution is 9.11. The molecule has 1 heterocycles. The van der Waals surface area contributed by atoms with E-state index in [-0.39, 0.29) is 18.3 Å². The highest BCUT2D eigenvalue weighted by Crippen LogP contribution is 2.24. The molecule has 0 aliphatic carbocycles. The van der Waals surface area contributed by atoms with E-state index in [1.165, 1.54) is 18.4 Å². The molecule has 4 nitrogen and oxygen atoms in total. The molecule has 6 heteroatoms. The summed E-state index contributed by atoms with van der Waals surface area (Å²) in [5.41, 5.74) is 0.867. The number of ether oxygens (including phenoxy) is 1. The highest BCUT2D eigenvalue weighted by atomic mass is 79.9. The van der Waals surface area contributed by atoms with Crippen molar-refractivity contribution in [2.45, 2.75) is 12.5 Å². The minimum atomic E-state index is -0.410. The molecule has 0 spiro atoms. The SMILES string of the molecule is COC(=O)CC(NC(=O)c1ccc(Br)s1)c1ccccc1. The van der Waals surface area contributed by atoms with Crippen LogP contribution in [0.5, 0.6) is 0 Å². The van der Waals surface area contributed by atoms with Gasteiger partial charge in [0.05, 0.1) is 28.2 Å². The molecule has 1 N–H and O–H groups in total. The van der Waals surface area contributed by atoms with Gasteiger partial charge in [0, 0.05) is 0 Å². The normalized spacial score (nSPS) is 11.7. The minimum Gasteiger partial charge on any atom is -0.469 e. The number of carbonyl (C=O) groups excluding carboxylic acids is 2. The summed E-state index contributed by atoms with van der Waals surface area (Å²) in [5.74, 6) is -0.569. The number of thiophene rings is 1. The standard InChI is InChI=1S/C15H14BrNO3S/c1-20-14(18)9-11(10-5-3-2-4-6-10)17-15(19)12-7-8-13(16)21-12/h2-8,11H,9H2,1H3,(H,17,19). The number of hydrogen-bond donors (Lipinski definition) is 1. The van der Waals surface area contributed by atoms with Crippen LogP contribution < -0.4 is 5.32 Å². The van der Waals surface area contributed by atoms with E-state index >= 15 is 0 Å². The number of halogens is 1. The number of carbonyl (C=O) groups is 2. The summed E-state index contributed by atoms with van der Waals surface area (Å²) in [7, 11) is 1.34. The number of methoxy groups -OCH3 is 1. The lowest BCUT2D eigenvalue weighted by Crippen LogP contribution is -2.30. The number of amides is 1. The zero-order chi connectivity index (χ0) is 15.2. The number of benzene rings is 1. The maximum Gasteiger partial charge on any atom is 0.307 e. The van der Waals surface area contributed by atoms with Gasteiger partial charge < -0.3 is 10.1 Å². The fraction of sp³-hybridized carbons (Fsp3) is 0.200. The van der Waals surface area contributed by atoms with Crippen molar-refractivity contribution >= 4 is 39.1 Å². The van der Waals surface area contributed by atoms with Gasteiger partial charge in [-0.25, -0.2) is 0 Å². The first-order valence-corrected chi connectivity index (χ1v) is 7.89. The van der Waals surface area contributed by atoms with E-state index < -0.39 is 6.04 Å². The van der Waals surface area contributed by atoms with E-state index in [0.717, 1.165) is 9.35 Å². The molecule has 0 saturated carbocycles. The van der Waals surface area contributed by atoms with Crippen LogP contribution in [0.25, 0.3) is 0 Å². The first-order valence-electron chi connectivity index (χ1n) is 6.28. The molecule has 0 radical (unpaired) electrons. The highest BCUT2D eigenvalue weighted by Gasteiger charge is 2.20. The van der Waals surface area contributed by atoms with Gasteiger partial charge in [-0.15, -0.1) is 11.3 Å². The number of nitrogens with one attached hydrogen (secondary N) is 1. The summed E-state index contributed by atoms with van der Waals surface area (Å²) < 4.78 is 5.58. The van der Waals surface area contributed by atoms with Crippen LogP contribution in [0.4, 0.5) is 0 Å². The molecule has 1 amide bonds. The number of esters is 1. The third kappa shape index (κ3) is 4.41. The summed E-state index contributed by atoms with van der Waals surface area (Å²) in [5, 5.41) is 2.88. The monoisotopic (exact) mass is 367 g/mol. The Balaban J connectivity index is 2.16.